The van der Waals surface area contributed by atoms with Crippen molar-refractivity contribution in [2.75, 3.05) is 5.73 Å². The average molecular weight is 236 g/mol. The normalized spacial score (nSPS) is 16.4. The molecular weight excluding hydrogens is 216 g/mol. The van der Waals surface area contributed by atoms with Gasteiger partial charge in [0.1, 0.15) is 6.10 Å². The number of rotatable bonds is 4. The van der Waals surface area contributed by atoms with Gasteiger partial charge < -0.3 is 15.2 Å². The molecule has 94 valence electrons. The van der Waals surface area contributed by atoms with Crippen LogP contribution in [-0.2, 0) is 0 Å². The molecule has 1 saturated carbocycles. The van der Waals surface area contributed by atoms with E-state index >= 15 is 0 Å². The van der Waals surface area contributed by atoms with E-state index in [0.29, 0.717) is 23.6 Å². The van der Waals surface area contributed by atoms with E-state index < -0.39 is 0 Å². The third kappa shape index (κ3) is 3.25. The lowest BCUT2D eigenvalue weighted by molar-refractivity contribution is 0.192. The van der Waals surface area contributed by atoms with Crippen molar-refractivity contribution < 1.29 is 9.47 Å². The molecule has 1 fully saturated rings. The Morgan fingerprint density at radius 1 is 1.29 bits per heavy atom. The van der Waals surface area contributed by atoms with Crippen molar-refractivity contribution in [2.24, 2.45) is 0 Å². The molecule has 0 saturated heterocycles. The van der Waals surface area contributed by atoms with Gasteiger partial charge in [0.05, 0.1) is 11.8 Å². The van der Waals surface area contributed by atoms with Crippen LogP contribution in [0.2, 0.25) is 0 Å². The van der Waals surface area contributed by atoms with E-state index in [1.54, 1.807) is 12.1 Å². The maximum Gasteiger partial charge on any atom is 0.240 e. The Hall–Kier alpha value is -1.45. The summed E-state index contributed by atoms with van der Waals surface area (Å²) in [7, 11) is 0. The molecule has 0 bridgehead atoms. The maximum absolute atomic E-state index is 5.81. The van der Waals surface area contributed by atoms with Gasteiger partial charge in [-0.05, 0) is 45.6 Å². The molecule has 0 amide bonds. The standard InChI is InChI=1S/C13H20N2O2/c1-9(2)16-13-11(14)7-8-12(15-13)17-10-5-3-4-6-10/h7-10H,3-6,14H2,1-2H3. The monoisotopic (exact) mass is 236 g/mol. The predicted octanol–water partition coefficient (Wildman–Crippen LogP) is 2.77. The van der Waals surface area contributed by atoms with Crippen LogP contribution < -0.4 is 15.2 Å². The number of ether oxygens (including phenoxy) is 2. The fraction of sp³-hybridized carbons (Fsp3) is 0.615. The van der Waals surface area contributed by atoms with Crippen molar-refractivity contribution in [3.8, 4) is 11.8 Å². The first-order chi connectivity index (χ1) is 8.15. The fourth-order valence-electron chi connectivity index (χ4n) is 1.99. The Morgan fingerprint density at radius 2 is 2.00 bits per heavy atom. The third-order valence-electron chi connectivity index (χ3n) is 2.80. The van der Waals surface area contributed by atoms with Crippen LogP contribution in [0.3, 0.4) is 0 Å². The highest BCUT2D eigenvalue weighted by molar-refractivity contribution is 5.49. The number of pyridine rings is 1. The van der Waals surface area contributed by atoms with E-state index in [4.69, 9.17) is 15.2 Å². The summed E-state index contributed by atoms with van der Waals surface area (Å²) in [5.74, 6) is 1.08. The Balaban J connectivity index is 2.06. The van der Waals surface area contributed by atoms with Crippen molar-refractivity contribution in [3.05, 3.63) is 12.1 Å². The molecule has 0 radical (unpaired) electrons. The van der Waals surface area contributed by atoms with Crippen LogP contribution in [0, 0.1) is 0 Å². The highest BCUT2D eigenvalue weighted by Crippen LogP contribution is 2.27. The lowest BCUT2D eigenvalue weighted by Crippen LogP contribution is -2.13. The van der Waals surface area contributed by atoms with Gasteiger partial charge in [0.25, 0.3) is 0 Å². The molecule has 4 heteroatoms. The van der Waals surface area contributed by atoms with E-state index in [9.17, 15) is 0 Å². The molecule has 17 heavy (non-hydrogen) atoms. The minimum atomic E-state index is 0.0616. The number of nitrogens with zero attached hydrogens (tertiary/aromatic N) is 1. The molecule has 0 spiro atoms. The van der Waals surface area contributed by atoms with Gasteiger partial charge >= 0.3 is 0 Å². The summed E-state index contributed by atoms with van der Waals surface area (Å²) in [4.78, 5) is 4.31. The van der Waals surface area contributed by atoms with E-state index in [0.717, 1.165) is 12.8 Å². The second kappa shape index (κ2) is 5.25. The van der Waals surface area contributed by atoms with Crippen molar-refractivity contribution in [3.63, 3.8) is 0 Å². The predicted molar refractivity (Wildman–Crippen MR) is 67.3 cm³/mol. The third-order valence-corrected chi connectivity index (χ3v) is 2.80. The van der Waals surface area contributed by atoms with Gasteiger partial charge in [-0.2, -0.15) is 4.98 Å². The lowest BCUT2D eigenvalue weighted by Gasteiger charge is -2.15. The maximum atomic E-state index is 5.81. The fourth-order valence-corrected chi connectivity index (χ4v) is 1.99. The number of nitrogens with two attached hydrogens (primary N) is 1. The number of hydrogen-bond donors (Lipinski definition) is 1. The van der Waals surface area contributed by atoms with Crippen LogP contribution in [0.4, 0.5) is 5.69 Å². The first-order valence-corrected chi connectivity index (χ1v) is 6.25. The zero-order valence-electron chi connectivity index (χ0n) is 10.5. The van der Waals surface area contributed by atoms with Gasteiger partial charge in [0, 0.05) is 6.07 Å². The molecular formula is C13H20N2O2. The second-order valence-corrected chi connectivity index (χ2v) is 4.73. The molecule has 0 aliphatic heterocycles. The molecule has 0 atom stereocenters. The van der Waals surface area contributed by atoms with Gasteiger partial charge in [0.2, 0.25) is 11.8 Å². The second-order valence-electron chi connectivity index (χ2n) is 4.73. The SMILES string of the molecule is CC(C)Oc1nc(OC2CCCC2)ccc1N. The van der Waals surface area contributed by atoms with Gasteiger partial charge in [-0.25, -0.2) is 0 Å². The van der Waals surface area contributed by atoms with Gasteiger partial charge in [0.15, 0.2) is 0 Å². The highest BCUT2D eigenvalue weighted by Gasteiger charge is 2.17. The zero-order valence-corrected chi connectivity index (χ0v) is 10.5. The van der Waals surface area contributed by atoms with Crippen molar-refractivity contribution in [1.82, 2.24) is 4.98 Å². The molecule has 1 aliphatic rings. The molecule has 0 aromatic carbocycles. The summed E-state index contributed by atoms with van der Waals surface area (Å²) in [6, 6.07) is 3.59. The number of hydrogen-bond acceptors (Lipinski definition) is 4. The van der Waals surface area contributed by atoms with Crippen molar-refractivity contribution >= 4 is 5.69 Å². The Morgan fingerprint density at radius 3 is 2.65 bits per heavy atom. The summed E-state index contributed by atoms with van der Waals surface area (Å²) in [6.07, 6.45) is 5.09. The Kier molecular flexibility index (Phi) is 3.71. The summed E-state index contributed by atoms with van der Waals surface area (Å²) in [5, 5.41) is 0. The molecule has 2 N–H and O–H groups in total. The molecule has 2 rings (SSSR count). The number of nitrogen functional groups attached to an aromatic ring is 1. The average Bonchev–Trinajstić information content (AvgIpc) is 2.75. The summed E-state index contributed by atoms with van der Waals surface area (Å²) in [5.41, 5.74) is 6.36. The van der Waals surface area contributed by atoms with E-state index in [1.807, 2.05) is 13.8 Å². The summed E-state index contributed by atoms with van der Waals surface area (Å²) < 4.78 is 11.3. The molecule has 1 heterocycles. The van der Waals surface area contributed by atoms with E-state index in [2.05, 4.69) is 4.98 Å². The number of anilines is 1. The van der Waals surface area contributed by atoms with Crippen molar-refractivity contribution in [1.29, 1.82) is 0 Å². The van der Waals surface area contributed by atoms with Gasteiger partial charge in [-0.15, -0.1) is 0 Å². The van der Waals surface area contributed by atoms with Crippen LogP contribution >= 0.6 is 0 Å². The largest absolute Gasteiger partial charge is 0.474 e. The lowest BCUT2D eigenvalue weighted by atomic mass is 10.3. The minimum Gasteiger partial charge on any atom is -0.474 e. The van der Waals surface area contributed by atoms with E-state index in [-0.39, 0.29) is 6.10 Å². The Labute approximate surface area is 102 Å². The highest BCUT2D eigenvalue weighted by atomic mass is 16.5. The van der Waals surface area contributed by atoms with Crippen molar-refractivity contribution in [2.45, 2.75) is 51.7 Å². The molecule has 1 aromatic heterocycles. The molecule has 1 aliphatic carbocycles. The van der Waals surface area contributed by atoms with Crippen LogP contribution in [0.5, 0.6) is 11.8 Å². The van der Waals surface area contributed by atoms with E-state index in [1.165, 1.54) is 12.8 Å². The summed E-state index contributed by atoms with van der Waals surface area (Å²) in [6.45, 7) is 3.90. The topological polar surface area (TPSA) is 57.4 Å². The van der Waals surface area contributed by atoms with Crippen LogP contribution in [0.1, 0.15) is 39.5 Å². The molecule has 4 nitrogen and oxygen atoms in total. The molecule has 1 aromatic rings. The Bertz CT molecular complexity index is 374. The molecule has 0 unspecified atom stereocenters. The summed E-state index contributed by atoms with van der Waals surface area (Å²) >= 11 is 0. The van der Waals surface area contributed by atoms with Gasteiger partial charge in [-0.3, -0.25) is 0 Å². The first-order valence-electron chi connectivity index (χ1n) is 6.25. The first kappa shape index (κ1) is 12.0. The minimum absolute atomic E-state index is 0.0616. The number of aromatic nitrogens is 1. The quantitative estimate of drug-likeness (QED) is 0.873. The van der Waals surface area contributed by atoms with Crippen LogP contribution in [0.25, 0.3) is 0 Å². The zero-order chi connectivity index (χ0) is 12.3. The van der Waals surface area contributed by atoms with Crippen LogP contribution in [0.15, 0.2) is 12.1 Å². The van der Waals surface area contributed by atoms with Gasteiger partial charge in [-0.1, -0.05) is 0 Å². The smallest absolute Gasteiger partial charge is 0.240 e. The van der Waals surface area contributed by atoms with Crippen LogP contribution in [-0.4, -0.2) is 17.2 Å².